The highest BCUT2D eigenvalue weighted by Gasteiger charge is 2.78. The molecule has 284 valence electrons. The Morgan fingerprint density at radius 3 is 2.37 bits per heavy atom. The van der Waals surface area contributed by atoms with E-state index < -0.39 is 18.3 Å². The van der Waals surface area contributed by atoms with Crippen molar-refractivity contribution in [3.05, 3.63) is 35.4 Å². The van der Waals surface area contributed by atoms with Gasteiger partial charge in [-0.15, -0.1) is 0 Å². The van der Waals surface area contributed by atoms with Gasteiger partial charge >= 0.3 is 0 Å². The quantitative estimate of drug-likeness (QED) is 0.187. The van der Waals surface area contributed by atoms with Crippen LogP contribution in [-0.4, -0.2) is 133 Å². The van der Waals surface area contributed by atoms with Crippen LogP contribution < -0.4 is 16.8 Å². The number of nitrogens with zero attached hydrogens (tertiary/aromatic N) is 4. The molecule has 6 fully saturated rings. The molecule has 1 spiro atoms. The number of nitrogens with two attached hydrogens (primary N) is 2. The Balaban J connectivity index is 1.03. The van der Waals surface area contributed by atoms with Gasteiger partial charge in [0.05, 0.1) is 31.3 Å². The predicted molar refractivity (Wildman–Crippen MR) is 198 cm³/mol. The first-order valence-electron chi connectivity index (χ1n) is 20.3. The third kappa shape index (κ3) is 7.37. The van der Waals surface area contributed by atoms with Crippen molar-refractivity contribution < 1.29 is 18.7 Å². The predicted octanol–water partition coefficient (Wildman–Crippen LogP) is 3.69. The average Bonchev–Trinajstić information content (AvgIpc) is 3.77. The number of alkyl halides is 1. The third-order valence-corrected chi connectivity index (χ3v) is 13.8. The fourth-order valence-electron chi connectivity index (χ4n) is 10.7. The minimum Gasteiger partial charge on any atom is -0.378 e. The molecule has 0 radical (unpaired) electrons. The molecule has 6 aliphatic rings. The minimum atomic E-state index is -0.871. The molecule has 1 saturated carbocycles. The van der Waals surface area contributed by atoms with Crippen LogP contribution in [-0.2, 0) is 9.53 Å². The zero-order valence-electron chi connectivity index (χ0n) is 31.2. The standard InChI is InChI=1S/C40H64FN7O3/c1-3-5-7-8-15-45-16-13-32(28-9-11-29(12-10-28)38(50)47-19-17-46(18-20-47)31-25-51-26-31)33(24-45)44-37(49)35(36(42)43)34-22-40-27-39(40,14-6-4-2)21-30(41)23-48(34)40/h9-12,30-36H,3-8,13-27,42-43H2,1-2H3,(H,44,49). The smallest absolute Gasteiger partial charge is 0.253 e. The van der Waals surface area contributed by atoms with Crippen molar-refractivity contribution in [2.45, 2.75) is 126 Å². The van der Waals surface area contributed by atoms with E-state index in [2.05, 4.69) is 46.0 Å². The molecule has 5 N–H and O–H groups in total. The van der Waals surface area contributed by atoms with E-state index in [0.717, 1.165) is 110 Å². The Kier molecular flexibility index (Phi) is 11.4. The van der Waals surface area contributed by atoms with Gasteiger partial charge in [0.2, 0.25) is 5.91 Å². The van der Waals surface area contributed by atoms with Gasteiger partial charge in [-0.05, 0) is 74.7 Å². The van der Waals surface area contributed by atoms with E-state index >= 15 is 4.39 Å². The van der Waals surface area contributed by atoms with E-state index in [0.29, 0.717) is 24.6 Å². The number of halogens is 1. The molecule has 7 unspecified atom stereocenters. The van der Waals surface area contributed by atoms with Gasteiger partial charge in [-0.25, -0.2) is 4.39 Å². The Hall–Kier alpha value is -2.15. The van der Waals surface area contributed by atoms with Gasteiger partial charge < -0.3 is 31.3 Å². The molecule has 7 rings (SSSR count). The maximum absolute atomic E-state index is 15.2. The zero-order chi connectivity index (χ0) is 35.8. The lowest BCUT2D eigenvalue weighted by Crippen LogP contribution is -2.71. The van der Waals surface area contributed by atoms with Gasteiger partial charge in [0.25, 0.3) is 5.91 Å². The molecule has 0 aromatic heterocycles. The Morgan fingerprint density at radius 1 is 0.961 bits per heavy atom. The zero-order valence-corrected chi connectivity index (χ0v) is 31.2. The Labute approximate surface area is 305 Å². The number of ether oxygens (including phenoxy) is 1. The van der Waals surface area contributed by atoms with Crippen LogP contribution >= 0.6 is 0 Å². The normalized spacial score (nSPS) is 33.6. The number of carbonyl (C=O) groups excluding carboxylic acids is 2. The second-order valence-corrected chi connectivity index (χ2v) is 16.9. The fraction of sp³-hybridized carbons (Fsp3) is 0.800. The van der Waals surface area contributed by atoms with Crippen LogP contribution in [0, 0.1) is 11.3 Å². The van der Waals surface area contributed by atoms with E-state index in [1.807, 2.05) is 17.0 Å². The van der Waals surface area contributed by atoms with Crippen molar-refractivity contribution in [2.75, 3.05) is 65.6 Å². The van der Waals surface area contributed by atoms with Crippen LogP contribution in [0.4, 0.5) is 4.39 Å². The molecule has 2 amide bonds. The summed E-state index contributed by atoms with van der Waals surface area (Å²) < 4.78 is 20.6. The Morgan fingerprint density at radius 2 is 1.71 bits per heavy atom. The summed E-state index contributed by atoms with van der Waals surface area (Å²) >= 11 is 0. The monoisotopic (exact) mass is 710 g/mol. The lowest BCUT2D eigenvalue weighted by molar-refractivity contribution is -0.144. The highest BCUT2D eigenvalue weighted by molar-refractivity contribution is 5.94. The summed E-state index contributed by atoms with van der Waals surface area (Å²) in [6.45, 7) is 12.4. The summed E-state index contributed by atoms with van der Waals surface area (Å²) in [5.74, 6) is -0.509. The highest BCUT2D eigenvalue weighted by atomic mass is 19.1. The minimum absolute atomic E-state index is 0.0316. The molecule has 7 atom stereocenters. The topological polar surface area (TPSA) is 120 Å². The molecule has 1 aromatic carbocycles. The maximum Gasteiger partial charge on any atom is 0.253 e. The first-order valence-corrected chi connectivity index (χ1v) is 20.3. The van der Waals surface area contributed by atoms with Gasteiger partial charge in [-0.2, -0.15) is 0 Å². The van der Waals surface area contributed by atoms with E-state index in [-0.39, 0.29) is 40.8 Å². The fourth-order valence-corrected chi connectivity index (χ4v) is 10.7. The van der Waals surface area contributed by atoms with Crippen molar-refractivity contribution in [1.82, 2.24) is 24.9 Å². The second kappa shape index (κ2) is 15.7. The van der Waals surface area contributed by atoms with E-state index in [9.17, 15) is 9.59 Å². The second-order valence-electron chi connectivity index (χ2n) is 16.9. The summed E-state index contributed by atoms with van der Waals surface area (Å²) in [7, 11) is 0. The number of amides is 2. The number of rotatable bonds is 15. The van der Waals surface area contributed by atoms with Crippen molar-refractivity contribution in [3.63, 3.8) is 0 Å². The van der Waals surface area contributed by atoms with Crippen molar-refractivity contribution in [1.29, 1.82) is 0 Å². The molecule has 10 nitrogen and oxygen atoms in total. The summed E-state index contributed by atoms with van der Waals surface area (Å²) in [6, 6.07) is 8.38. The lowest BCUT2D eigenvalue weighted by atomic mass is 9.70. The number of piperidine rings is 2. The number of piperazine rings is 1. The lowest BCUT2D eigenvalue weighted by Gasteiger charge is -2.58. The van der Waals surface area contributed by atoms with Crippen LogP contribution in [0.2, 0.25) is 0 Å². The molecule has 5 aliphatic heterocycles. The van der Waals surface area contributed by atoms with Crippen molar-refractivity contribution in [3.8, 4) is 0 Å². The molecule has 0 bridgehead atoms. The highest BCUT2D eigenvalue weighted by Crippen LogP contribution is 2.75. The van der Waals surface area contributed by atoms with Gasteiger partial charge in [-0.1, -0.05) is 58.1 Å². The number of hydrogen-bond acceptors (Lipinski definition) is 8. The number of unbranched alkanes of at least 4 members (excludes halogenated alkanes) is 4. The van der Waals surface area contributed by atoms with Crippen molar-refractivity contribution in [2.24, 2.45) is 22.8 Å². The van der Waals surface area contributed by atoms with Crippen LogP contribution in [0.25, 0.3) is 0 Å². The van der Waals surface area contributed by atoms with Crippen LogP contribution in [0.15, 0.2) is 24.3 Å². The van der Waals surface area contributed by atoms with Gasteiger partial charge in [0, 0.05) is 68.4 Å². The molecule has 5 saturated heterocycles. The first-order chi connectivity index (χ1) is 24.7. The van der Waals surface area contributed by atoms with E-state index in [1.54, 1.807) is 0 Å². The average molecular weight is 710 g/mol. The van der Waals surface area contributed by atoms with Gasteiger partial charge in [0.15, 0.2) is 0 Å². The first kappa shape index (κ1) is 37.2. The molecule has 51 heavy (non-hydrogen) atoms. The van der Waals surface area contributed by atoms with Crippen LogP contribution in [0.1, 0.15) is 106 Å². The summed E-state index contributed by atoms with van der Waals surface area (Å²) in [4.78, 5) is 37.0. The number of hydrogen-bond donors (Lipinski definition) is 3. The summed E-state index contributed by atoms with van der Waals surface area (Å²) in [6.07, 6.45) is 9.89. The SMILES string of the molecule is CCCCCCN1CCC(c2ccc(C(=O)N3CCN(C4COC4)CC3)cc2)C(NC(=O)C(C(N)N)C2CC34CC3(CCCC)CC(F)CN24)C1. The summed E-state index contributed by atoms with van der Waals surface area (Å²) in [5.41, 5.74) is 14.8. The largest absolute Gasteiger partial charge is 0.378 e. The molecule has 1 aromatic rings. The Bertz CT molecular complexity index is 1350. The maximum atomic E-state index is 15.2. The third-order valence-electron chi connectivity index (χ3n) is 13.8. The van der Waals surface area contributed by atoms with Crippen molar-refractivity contribution >= 4 is 11.8 Å². The number of nitrogens with one attached hydrogen (secondary N) is 1. The van der Waals surface area contributed by atoms with E-state index in [4.69, 9.17) is 16.2 Å². The summed E-state index contributed by atoms with van der Waals surface area (Å²) in [5, 5.41) is 3.47. The molecular formula is C40H64FN7O3. The van der Waals surface area contributed by atoms with Gasteiger partial charge in [-0.3, -0.25) is 19.4 Å². The molecule has 1 aliphatic carbocycles. The number of carbonyl (C=O) groups is 2. The molecular weight excluding hydrogens is 645 g/mol. The van der Waals surface area contributed by atoms with Crippen LogP contribution in [0.5, 0.6) is 0 Å². The number of likely N-dealkylation sites (tertiary alicyclic amines) is 1. The van der Waals surface area contributed by atoms with Crippen LogP contribution in [0.3, 0.4) is 0 Å². The molecule has 11 heteroatoms. The molecule has 5 heterocycles. The number of benzene rings is 1. The van der Waals surface area contributed by atoms with Gasteiger partial charge in [0.1, 0.15) is 6.17 Å². The van der Waals surface area contributed by atoms with E-state index in [1.165, 1.54) is 19.3 Å².